The highest BCUT2D eigenvalue weighted by molar-refractivity contribution is 7.17. The van der Waals surface area contributed by atoms with Crippen molar-refractivity contribution in [3.63, 3.8) is 0 Å². The number of hydrogen-bond donors (Lipinski definition) is 1. The minimum absolute atomic E-state index is 0.304. The van der Waals surface area contributed by atoms with Gasteiger partial charge in [-0.15, -0.1) is 11.3 Å². The second-order valence-electron chi connectivity index (χ2n) is 7.82. The predicted octanol–water partition coefficient (Wildman–Crippen LogP) is 5.11. The van der Waals surface area contributed by atoms with Crippen molar-refractivity contribution in [3.05, 3.63) is 45.8 Å². The first kappa shape index (κ1) is 22.9. The zero-order valence-corrected chi connectivity index (χ0v) is 19.3. The predicted molar refractivity (Wildman–Crippen MR) is 123 cm³/mol. The fourth-order valence-electron chi connectivity index (χ4n) is 3.45. The molecule has 2 aromatic rings. The van der Waals surface area contributed by atoms with Crippen molar-refractivity contribution < 1.29 is 23.8 Å². The van der Waals surface area contributed by atoms with Crippen molar-refractivity contribution in [2.75, 3.05) is 26.1 Å². The minimum atomic E-state index is -0.406. The number of amides is 1. The number of rotatable bonds is 9. The molecule has 1 amide bonds. The summed E-state index contributed by atoms with van der Waals surface area (Å²) in [6, 6.07) is 5.54. The van der Waals surface area contributed by atoms with Gasteiger partial charge in [-0.3, -0.25) is 4.79 Å². The summed E-state index contributed by atoms with van der Waals surface area (Å²) in [7, 11) is 2.95. The van der Waals surface area contributed by atoms with Crippen molar-refractivity contribution in [1.82, 2.24) is 0 Å². The van der Waals surface area contributed by atoms with Gasteiger partial charge >= 0.3 is 5.97 Å². The summed E-state index contributed by atoms with van der Waals surface area (Å²) in [5, 5.41) is 3.39. The number of methoxy groups -OCH3 is 2. The summed E-state index contributed by atoms with van der Waals surface area (Å²) in [5.74, 6) is 1.16. The van der Waals surface area contributed by atoms with Gasteiger partial charge in [-0.05, 0) is 60.9 Å². The zero-order valence-electron chi connectivity index (χ0n) is 18.4. The van der Waals surface area contributed by atoms with Crippen molar-refractivity contribution in [2.24, 2.45) is 5.92 Å². The number of aryl methyl sites for hydroxylation is 1. The molecule has 1 heterocycles. The number of esters is 1. The first-order valence-electron chi connectivity index (χ1n) is 10.5. The van der Waals surface area contributed by atoms with E-state index in [4.69, 9.17) is 14.2 Å². The second kappa shape index (κ2) is 10.5. The van der Waals surface area contributed by atoms with Gasteiger partial charge in [-0.2, -0.15) is 0 Å². The lowest BCUT2D eigenvalue weighted by Gasteiger charge is -2.12. The van der Waals surface area contributed by atoms with Gasteiger partial charge in [-0.25, -0.2) is 4.79 Å². The van der Waals surface area contributed by atoms with E-state index in [1.165, 1.54) is 24.5 Å². The second-order valence-corrected chi connectivity index (χ2v) is 8.92. The molecule has 6 nitrogen and oxygen atoms in total. The Kier molecular flexibility index (Phi) is 7.74. The van der Waals surface area contributed by atoms with Gasteiger partial charge in [-0.1, -0.05) is 19.9 Å². The molecule has 1 aromatic heterocycles. The third-order valence-electron chi connectivity index (χ3n) is 5.12. The molecule has 1 aliphatic carbocycles. The normalized spacial score (nSPS) is 12.8. The molecule has 0 saturated carbocycles. The number of nitrogens with one attached hydrogen (secondary N) is 1. The average molecular weight is 444 g/mol. The minimum Gasteiger partial charge on any atom is -0.493 e. The Morgan fingerprint density at radius 1 is 1.19 bits per heavy atom. The van der Waals surface area contributed by atoms with E-state index in [9.17, 15) is 9.59 Å². The smallest absolute Gasteiger partial charge is 0.341 e. The maximum absolute atomic E-state index is 12.5. The first-order chi connectivity index (χ1) is 14.9. The number of carbonyl (C=O) groups is 2. The lowest BCUT2D eigenvalue weighted by atomic mass is 10.1. The molecule has 1 aliphatic rings. The van der Waals surface area contributed by atoms with E-state index < -0.39 is 5.97 Å². The van der Waals surface area contributed by atoms with Crippen molar-refractivity contribution in [3.8, 4) is 11.5 Å². The molecule has 0 bridgehead atoms. The highest BCUT2D eigenvalue weighted by atomic mass is 32.1. The van der Waals surface area contributed by atoms with Gasteiger partial charge in [0.2, 0.25) is 5.91 Å². The fourth-order valence-corrected chi connectivity index (χ4v) is 4.73. The Hall–Kier alpha value is -2.80. The number of fused-ring (bicyclic) bond motifs is 1. The molecule has 0 aliphatic heterocycles. The quantitative estimate of drug-likeness (QED) is 0.431. The number of benzene rings is 1. The van der Waals surface area contributed by atoms with E-state index in [1.54, 1.807) is 13.2 Å². The van der Waals surface area contributed by atoms with Gasteiger partial charge in [0.1, 0.15) is 5.00 Å². The van der Waals surface area contributed by atoms with Crippen LogP contribution in [0.1, 0.15) is 53.1 Å². The lowest BCUT2D eigenvalue weighted by Crippen LogP contribution is -2.12. The molecule has 1 N–H and O–H groups in total. The Labute approximate surface area is 187 Å². The summed E-state index contributed by atoms with van der Waals surface area (Å²) in [6.45, 7) is 4.92. The van der Waals surface area contributed by atoms with E-state index in [-0.39, 0.29) is 5.91 Å². The van der Waals surface area contributed by atoms with Crippen LogP contribution >= 0.6 is 11.3 Å². The first-order valence-corrected chi connectivity index (χ1v) is 11.3. The number of hydrogen-bond acceptors (Lipinski definition) is 6. The molecule has 0 atom stereocenters. The Balaban J connectivity index is 1.68. The standard InChI is InChI=1S/C24H29NO5S/c1-15(2)12-13-30-18-10-8-16(14-19(18)28-3)9-11-21(26)25-23-22(24(27)29-4)17-6-5-7-20(17)31-23/h8-11,14-15H,5-7,12-13H2,1-4H3,(H,25,26)/b11-9+. The Bertz CT molecular complexity index is 977. The van der Waals surface area contributed by atoms with E-state index >= 15 is 0 Å². The largest absolute Gasteiger partial charge is 0.493 e. The Morgan fingerprint density at radius 2 is 2.00 bits per heavy atom. The van der Waals surface area contributed by atoms with Crippen molar-refractivity contribution in [1.29, 1.82) is 0 Å². The van der Waals surface area contributed by atoms with Gasteiger partial charge < -0.3 is 19.5 Å². The van der Waals surface area contributed by atoms with Crippen LogP contribution in [0.2, 0.25) is 0 Å². The van der Waals surface area contributed by atoms with E-state index in [0.29, 0.717) is 34.6 Å². The highest BCUT2D eigenvalue weighted by Gasteiger charge is 2.27. The van der Waals surface area contributed by atoms with E-state index in [0.717, 1.165) is 41.7 Å². The van der Waals surface area contributed by atoms with Crippen LogP contribution in [-0.2, 0) is 22.4 Å². The average Bonchev–Trinajstić information content (AvgIpc) is 3.32. The SMILES string of the molecule is COC(=O)c1c(NC(=O)/C=C/c2ccc(OCCC(C)C)c(OC)c2)sc2c1CCC2. The molecule has 0 saturated heterocycles. The van der Waals surface area contributed by atoms with Crippen LogP contribution in [0.3, 0.4) is 0 Å². The van der Waals surface area contributed by atoms with Crippen LogP contribution in [0.5, 0.6) is 11.5 Å². The van der Waals surface area contributed by atoms with Crippen LogP contribution in [-0.4, -0.2) is 32.7 Å². The van der Waals surface area contributed by atoms with Crippen LogP contribution in [0.15, 0.2) is 24.3 Å². The molecule has 31 heavy (non-hydrogen) atoms. The molecule has 166 valence electrons. The fraction of sp³-hybridized carbons (Fsp3) is 0.417. The third kappa shape index (κ3) is 5.67. The molecule has 3 rings (SSSR count). The molecule has 7 heteroatoms. The van der Waals surface area contributed by atoms with Gasteiger partial charge in [0.15, 0.2) is 11.5 Å². The number of ether oxygens (including phenoxy) is 3. The molecule has 0 spiro atoms. The summed E-state index contributed by atoms with van der Waals surface area (Å²) < 4.78 is 16.2. The molecule has 0 unspecified atom stereocenters. The monoisotopic (exact) mass is 443 g/mol. The van der Waals surface area contributed by atoms with Gasteiger partial charge in [0.25, 0.3) is 0 Å². The lowest BCUT2D eigenvalue weighted by molar-refractivity contribution is -0.111. The summed E-state index contributed by atoms with van der Waals surface area (Å²) in [4.78, 5) is 25.9. The zero-order chi connectivity index (χ0) is 22.4. The summed E-state index contributed by atoms with van der Waals surface area (Å²) >= 11 is 1.46. The van der Waals surface area contributed by atoms with Gasteiger partial charge in [0, 0.05) is 11.0 Å². The molecular formula is C24H29NO5S. The molecular weight excluding hydrogens is 414 g/mol. The van der Waals surface area contributed by atoms with Crippen LogP contribution in [0.25, 0.3) is 6.08 Å². The maximum atomic E-state index is 12.5. The topological polar surface area (TPSA) is 73.9 Å². The highest BCUT2D eigenvalue weighted by Crippen LogP contribution is 2.39. The van der Waals surface area contributed by atoms with Crippen LogP contribution in [0, 0.1) is 5.92 Å². The van der Waals surface area contributed by atoms with Crippen molar-refractivity contribution >= 4 is 34.3 Å². The van der Waals surface area contributed by atoms with E-state index in [1.807, 2.05) is 18.2 Å². The third-order valence-corrected chi connectivity index (χ3v) is 6.32. The molecule has 0 radical (unpaired) electrons. The van der Waals surface area contributed by atoms with E-state index in [2.05, 4.69) is 19.2 Å². The summed E-state index contributed by atoms with van der Waals surface area (Å²) in [6.07, 6.45) is 6.91. The van der Waals surface area contributed by atoms with Crippen LogP contribution < -0.4 is 14.8 Å². The van der Waals surface area contributed by atoms with Crippen LogP contribution in [0.4, 0.5) is 5.00 Å². The summed E-state index contributed by atoms with van der Waals surface area (Å²) in [5.41, 5.74) is 2.31. The maximum Gasteiger partial charge on any atom is 0.341 e. The number of anilines is 1. The van der Waals surface area contributed by atoms with Gasteiger partial charge in [0.05, 0.1) is 26.4 Å². The Morgan fingerprint density at radius 3 is 2.71 bits per heavy atom. The molecule has 0 fully saturated rings. The number of thiophene rings is 1. The number of carbonyl (C=O) groups excluding carboxylic acids is 2. The molecule has 1 aromatic carbocycles. The van der Waals surface area contributed by atoms with Crippen molar-refractivity contribution in [2.45, 2.75) is 39.5 Å².